The summed E-state index contributed by atoms with van der Waals surface area (Å²) in [5.41, 5.74) is 6.81. The van der Waals surface area contributed by atoms with Crippen molar-refractivity contribution in [2.45, 2.75) is 121 Å². The highest BCUT2D eigenvalue weighted by Gasteiger charge is 2.43. The molecule has 3 aliphatic heterocycles. The van der Waals surface area contributed by atoms with Gasteiger partial charge in [0.05, 0.1) is 16.4 Å². The molecule has 60 heavy (non-hydrogen) atoms. The van der Waals surface area contributed by atoms with Crippen molar-refractivity contribution < 1.29 is 46.4 Å². The highest BCUT2D eigenvalue weighted by Crippen LogP contribution is 2.48. The highest BCUT2D eigenvalue weighted by atomic mass is 32.2. The van der Waals surface area contributed by atoms with Crippen LogP contribution in [-0.4, -0.2) is 77.4 Å². The van der Waals surface area contributed by atoms with E-state index in [1.807, 2.05) is 50.3 Å². The number of imide groups is 1. The van der Waals surface area contributed by atoms with Crippen molar-refractivity contribution in [2.75, 3.05) is 18.5 Å². The van der Waals surface area contributed by atoms with Crippen molar-refractivity contribution in [1.29, 1.82) is 0 Å². The molecule has 0 spiro atoms. The Bertz CT molecular complexity index is 2300. The lowest BCUT2D eigenvalue weighted by Crippen LogP contribution is -2.39. The van der Waals surface area contributed by atoms with Crippen molar-refractivity contribution >= 4 is 56.7 Å². The van der Waals surface area contributed by atoms with E-state index >= 15 is 0 Å². The summed E-state index contributed by atoms with van der Waals surface area (Å²) in [5.74, 6) is -2.44. The van der Waals surface area contributed by atoms with Gasteiger partial charge < -0.3 is 15.1 Å². The number of carbonyl (C=O) groups is 5. The van der Waals surface area contributed by atoms with Gasteiger partial charge in [-0.3, -0.25) is 23.7 Å². The Labute approximate surface area is 353 Å². The Morgan fingerprint density at radius 1 is 0.883 bits per heavy atom. The summed E-state index contributed by atoms with van der Waals surface area (Å²) in [6.45, 7) is 12.6. The topological polar surface area (TPSA) is 170 Å². The monoisotopic (exact) mass is 841 g/mol. The molecule has 320 valence electrons. The fraction of sp³-hybridized carbons (Fsp3) is 0.435. The zero-order valence-electron chi connectivity index (χ0n) is 35.6. The van der Waals surface area contributed by atoms with E-state index in [1.165, 1.54) is 41.6 Å². The summed E-state index contributed by atoms with van der Waals surface area (Å²) in [7, 11) is -2.32. The molecule has 1 atom stereocenters. The Morgan fingerprint density at radius 3 is 2.25 bits per heavy atom. The summed E-state index contributed by atoms with van der Waals surface area (Å²) in [4.78, 5) is 67.5. The molecule has 2 aromatic rings. The molecule has 2 N–H and O–H groups in total. The zero-order valence-corrected chi connectivity index (χ0v) is 36.4. The first kappa shape index (κ1) is 45.6. The average Bonchev–Trinajstić information content (AvgIpc) is 3.67. The van der Waals surface area contributed by atoms with Crippen LogP contribution in [0.1, 0.15) is 109 Å². The van der Waals surface area contributed by atoms with E-state index < -0.39 is 39.4 Å². The molecule has 0 radical (unpaired) electrons. The zero-order chi connectivity index (χ0) is 44.0. The van der Waals surface area contributed by atoms with E-state index in [0.29, 0.717) is 30.9 Å². The van der Waals surface area contributed by atoms with E-state index in [1.54, 1.807) is 6.07 Å². The predicted molar refractivity (Wildman–Crippen MR) is 229 cm³/mol. The van der Waals surface area contributed by atoms with Gasteiger partial charge in [0.15, 0.2) is 11.5 Å². The molecule has 2 aromatic carbocycles. The van der Waals surface area contributed by atoms with Gasteiger partial charge >= 0.3 is 5.97 Å². The number of nitrogens with zero attached hydrogens (tertiary/aromatic N) is 3. The molecular formula is C46H57N4O9S+. The van der Waals surface area contributed by atoms with E-state index in [2.05, 4.69) is 66.9 Å². The lowest BCUT2D eigenvalue weighted by atomic mass is 9.81. The lowest BCUT2D eigenvalue weighted by Gasteiger charge is -2.27. The number of rotatable bonds is 18. The summed E-state index contributed by atoms with van der Waals surface area (Å²) in [5, 5.41) is 3.24. The Kier molecular flexibility index (Phi) is 14.3. The first-order chi connectivity index (χ1) is 28.2. The summed E-state index contributed by atoms with van der Waals surface area (Å²) < 4.78 is 36.2. The quantitative estimate of drug-likeness (QED) is 0.0524. The second-order valence-electron chi connectivity index (χ2n) is 16.7. The minimum absolute atomic E-state index is 0.00399. The molecule has 5 rings (SSSR count). The predicted octanol–water partition coefficient (Wildman–Crippen LogP) is 7.01. The minimum atomic E-state index is -4.41. The average molecular weight is 842 g/mol. The van der Waals surface area contributed by atoms with Gasteiger partial charge in [-0.05, 0) is 89.3 Å². The molecule has 3 amide bonds. The Hall–Kier alpha value is -5.47. The van der Waals surface area contributed by atoms with Crippen LogP contribution >= 0.6 is 0 Å². The first-order valence-corrected chi connectivity index (χ1v) is 21.9. The fourth-order valence-electron chi connectivity index (χ4n) is 8.12. The van der Waals surface area contributed by atoms with Crippen LogP contribution in [0.25, 0.3) is 0 Å². The summed E-state index contributed by atoms with van der Waals surface area (Å²) in [6, 6.07) is 10.4. The number of unbranched alkanes of at least 4 members (excludes halogenated alkanes) is 2. The van der Waals surface area contributed by atoms with E-state index in [9.17, 15) is 36.9 Å². The number of hydrogen-bond acceptors (Lipinski definition) is 9. The van der Waals surface area contributed by atoms with Crippen LogP contribution in [0, 0.1) is 6.92 Å². The van der Waals surface area contributed by atoms with Crippen LogP contribution in [0.5, 0.6) is 0 Å². The maximum Gasteiger partial charge on any atom is 0.333 e. The van der Waals surface area contributed by atoms with Crippen LogP contribution in [-0.2, 0) is 49.8 Å². The summed E-state index contributed by atoms with van der Waals surface area (Å²) in [6.07, 6.45) is 16.5. The van der Waals surface area contributed by atoms with Crippen LogP contribution in [0.15, 0.2) is 89.5 Å². The molecule has 0 saturated carbocycles. The van der Waals surface area contributed by atoms with Crippen LogP contribution < -0.4 is 10.2 Å². The van der Waals surface area contributed by atoms with Gasteiger partial charge in [-0.15, -0.1) is 5.06 Å². The molecule has 0 aliphatic carbocycles. The fourth-order valence-corrected chi connectivity index (χ4v) is 8.63. The number of aryl methyl sites for hydroxylation is 1. The molecule has 0 bridgehead atoms. The standard InChI is InChI=1S/C46H56N4O9S/c1-31-22-24-37-34(29-31)45(3,4)39(48(37)7)18-12-9-8-10-13-19-40-46(5,6)35-30-33(60(56,57)58)23-25-38(35)49(40)28-15-11-14-20-41(52)47-36(32(2)51)17-16-21-44(55)59-50-42(53)26-27-43(50)54/h8-10,12-13,18-19,22-25,29-30,36H,11,14-17,20-21,26-28H2,1-7H3,(H-,47,52,56,57,58)/p+1. The van der Waals surface area contributed by atoms with Crippen molar-refractivity contribution in [3.8, 4) is 0 Å². The molecule has 13 nitrogen and oxygen atoms in total. The molecule has 3 aliphatic rings. The Balaban J connectivity index is 1.17. The number of allylic oxidation sites excluding steroid dienone is 8. The number of ketones is 1. The van der Waals surface area contributed by atoms with Crippen LogP contribution in [0.2, 0.25) is 0 Å². The second kappa shape index (κ2) is 18.8. The number of benzene rings is 2. The second-order valence-corrected chi connectivity index (χ2v) is 18.1. The number of hydrogen-bond donors (Lipinski definition) is 2. The van der Waals surface area contributed by atoms with Gasteiger partial charge in [0.25, 0.3) is 21.9 Å². The van der Waals surface area contributed by atoms with Crippen molar-refractivity contribution in [1.82, 2.24) is 10.4 Å². The van der Waals surface area contributed by atoms with Gasteiger partial charge in [0.1, 0.15) is 7.05 Å². The molecule has 1 unspecified atom stereocenters. The maximum absolute atomic E-state index is 12.8. The molecule has 14 heteroatoms. The largest absolute Gasteiger partial charge is 0.346 e. The Morgan fingerprint density at radius 2 is 1.57 bits per heavy atom. The first-order valence-electron chi connectivity index (χ1n) is 20.4. The number of fused-ring (bicyclic) bond motifs is 2. The number of carbonyl (C=O) groups excluding carboxylic acids is 5. The molecule has 1 saturated heterocycles. The third-order valence-electron chi connectivity index (χ3n) is 11.5. The molecule has 3 heterocycles. The third-order valence-corrected chi connectivity index (χ3v) is 12.3. The number of nitrogens with one attached hydrogen (secondary N) is 1. The number of amides is 3. The van der Waals surface area contributed by atoms with Gasteiger partial charge in [-0.1, -0.05) is 62.3 Å². The van der Waals surface area contributed by atoms with Gasteiger partial charge in [-0.25, -0.2) is 4.79 Å². The minimum Gasteiger partial charge on any atom is -0.346 e. The lowest BCUT2D eigenvalue weighted by molar-refractivity contribution is -0.401. The van der Waals surface area contributed by atoms with Crippen molar-refractivity contribution in [3.63, 3.8) is 0 Å². The normalized spacial score (nSPS) is 18.4. The van der Waals surface area contributed by atoms with Crippen molar-refractivity contribution in [3.05, 3.63) is 101 Å². The summed E-state index contributed by atoms with van der Waals surface area (Å²) >= 11 is 0. The molecule has 1 fully saturated rings. The highest BCUT2D eigenvalue weighted by molar-refractivity contribution is 7.85. The van der Waals surface area contributed by atoms with Crippen LogP contribution in [0.3, 0.4) is 0 Å². The van der Waals surface area contributed by atoms with E-state index in [-0.39, 0.29) is 60.5 Å². The van der Waals surface area contributed by atoms with Crippen LogP contribution in [0.4, 0.5) is 11.4 Å². The molecule has 0 aromatic heterocycles. The van der Waals surface area contributed by atoms with Crippen molar-refractivity contribution in [2.24, 2.45) is 0 Å². The van der Waals surface area contributed by atoms with Gasteiger partial charge in [0, 0.05) is 66.7 Å². The third kappa shape index (κ3) is 10.5. The van der Waals surface area contributed by atoms with Gasteiger partial charge in [-0.2, -0.15) is 13.0 Å². The molecular weight excluding hydrogens is 785 g/mol. The van der Waals surface area contributed by atoms with Gasteiger partial charge in [0.2, 0.25) is 11.6 Å². The number of hydroxylamine groups is 2. The number of anilines is 1. The van der Waals surface area contributed by atoms with E-state index in [4.69, 9.17) is 4.84 Å². The van der Waals surface area contributed by atoms with E-state index in [0.717, 1.165) is 16.9 Å². The maximum atomic E-state index is 12.8. The number of Topliss-reactive ketones (excluding diaryl/α,β-unsaturated/α-hetero) is 1. The smallest absolute Gasteiger partial charge is 0.333 e. The SMILES string of the molecule is CC(=O)C(CCCC(=O)ON1C(=O)CCC1=O)NC(=O)CCCCCN1\C(=C/C=C/C=C/C=C/C2=[N+](C)c3ccc(C)cc3C2(C)C)C(C)(C)c2cc(S(=O)(=O)O)ccc21.